The van der Waals surface area contributed by atoms with Gasteiger partial charge in [-0.15, -0.1) is 0 Å². The number of nitrogens with one attached hydrogen (secondary N) is 1. The van der Waals surface area contributed by atoms with Crippen LogP contribution < -0.4 is 5.32 Å². The minimum atomic E-state index is -0.118. The minimum absolute atomic E-state index is 0.118. The van der Waals surface area contributed by atoms with Gasteiger partial charge >= 0.3 is 0 Å². The van der Waals surface area contributed by atoms with Crippen LogP contribution in [0.4, 0.5) is 0 Å². The van der Waals surface area contributed by atoms with E-state index in [1.807, 2.05) is 25.1 Å². The van der Waals surface area contributed by atoms with E-state index in [1.165, 1.54) is 0 Å². The third-order valence-electron chi connectivity index (χ3n) is 3.02. The van der Waals surface area contributed by atoms with E-state index in [0.29, 0.717) is 29.4 Å². The maximum atomic E-state index is 12.1. The monoisotopic (exact) mass is 292 g/mol. The highest BCUT2D eigenvalue weighted by atomic mass is 35.5. The Bertz CT molecular complexity index is 629. The average Bonchev–Trinajstić information content (AvgIpc) is 2.43. The number of fused-ring (bicyclic) bond motifs is 1. The lowest BCUT2D eigenvalue weighted by Crippen LogP contribution is -2.26. The Labute approximate surface area is 123 Å². The number of methoxy groups -OCH3 is 1. The Morgan fingerprint density at radius 2 is 2.20 bits per heavy atom. The number of amides is 1. The Kier molecular flexibility index (Phi) is 4.93. The summed E-state index contributed by atoms with van der Waals surface area (Å²) in [6, 6.07) is 7.28. The van der Waals surface area contributed by atoms with Gasteiger partial charge in [0.15, 0.2) is 0 Å². The normalized spacial score (nSPS) is 10.8. The highest BCUT2D eigenvalue weighted by molar-refractivity contribution is 6.31. The lowest BCUT2D eigenvalue weighted by atomic mass is 10.1. The van der Waals surface area contributed by atoms with E-state index in [1.54, 1.807) is 13.2 Å². The molecule has 1 aromatic heterocycles. The van der Waals surface area contributed by atoms with Gasteiger partial charge in [-0.2, -0.15) is 0 Å². The van der Waals surface area contributed by atoms with Gasteiger partial charge in [-0.25, -0.2) is 0 Å². The van der Waals surface area contributed by atoms with E-state index in [0.717, 1.165) is 17.3 Å². The van der Waals surface area contributed by atoms with Crippen molar-refractivity contribution in [2.45, 2.75) is 13.3 Å². The van der Waals surface area contributed by atoms with Crippen molar-refractivity contribution in [2.75, 3.05) is 20.3 Å². The van der Waals surface area contributed by atoms with Crippen molar-refractivity contribution in [1.82, 2.24) is 10.3 Å². The maximum absolute atomic E-state index is 12.1. The lowest BCUT2D eigenvalue weighted by Gasteiger charge is -2.09. The molecule has 0 saturated carbocycles. The number of pyridine rings is 1. The Hall–Kier alpha value is -1.65. The van der Waals surface area contributed by atoms with Crippen molar-refractivity contribution < 1.29 is 9.53 Å². The van der Waals surface area contributed by atoms with Crippen LogP contribution in [0.2, 0.25) is 5.02 Å². The number of aromatic nitrogens is 1. The summed E-state index contributed by atoms with van der Waals surface area (Å²) in [6.45, 7) is 3.04. The van der Waals surface area contributed by atoms with Gasteiger partial charge in [0.25, 0.3) is 5.91 Å². The quantitative estimate of drug-likeness (QED) is 0.862. The van der Waals surface area contributed by atoms with Gasteiger partial charge < -0.3 is 10.1 Å². The second kappa shape index (κ2) is 6.68. The van der Waals surface area contributed by atoms with Crippen molar-refractivity contribution in [2.24, 2.45) is 0 Å². The second-order valence-corrected chi connectivity index (χ2v) is 5.00. The molecule has 106 valence electrons. The number of benzene rings is 1. The molecule has 0 aliphatic carbocycles. The molecule has 4 nitrogen and oxygen atoms in total. The number of carbonyl (C=O) groups excluding carboxylic acids is 1. The minimum Gasteiger partial charge on any atom is -0.385 e. The molecule has 0 atom stereocenters. The predicted molar refractivity (Wildman–Crippen MR) is 80.3 cm³/mol. The molecule has 2 rings (SSSR count). The summed E-state index contributed by atoms with van der Waals surface area (Å²) in [5, 5.41) is 4.36. The molecule has 2 aromatic rings. The zero-order valence-corrected chi connectivity index (χ0v) is 12.3. The molecular weight excluding hydrogens is 276 g/mol. The van der Waals surface area contributed by atoms with Gasteiger partial charge in [-0.05, 0) is 37.6 Å². The van der Waals surface area contributed by atoms with Crippen LogP contribution >= 0.6 is 11.6 Å². The molecule has 0 radical (unpaired) electrons. The molecule has 1 amide bonds. The number of aryl methyl sites for hydroxylation is 1. The Morgan fingerprint density at radius 1 is 1.40 bits per heavy atom. The Morgan fingerprint density at radius 3 is 2.95 bits per heavy atom. The summed E-state index contributed by atoms with van der Waals surface area (Å²) in [4.78, 5) is 16.6. The van der Waals surface area contributed by atoms with Crippen LogP contribution in [0.5, 0.6) is 0 Å². The highest BCUT2D eigenvalue weighted by Crippen LogP contribution is 2.20. The van der Waals surface area contributed by atoms with Gasteiger partial charge in [-0.3, -0.25) is 9.78 Å². The molecule has 0 spiro atoms. The number of rotatable bonds is 5. The number of ether oxygens (including phenoxy) is 1. The summed E-state index contributed by atoms with van der Waals surface area (Å²) < 4.78 is 4.95. The molecule has 0 bridgehead atoms. The first-order chi connectivity index (χ1) is 9.61. The van der Waals surface area contributed by atoms with Crippen molar-refractivity contribution in [3.05, 3.63) is 40.5 Å². The van der Waals surface area contributed by atoms with Crippen molar-refractivity contribution in [1.29, 1.82) is 0 Å². The fourth-order valence-corrected chi connectivity index (χ4v) is 2.17. The summed E-state index contributed by atoms with van der Waals surface area (Å²) in [7, 11) is 1.64. The average molecular weight is 293 g/mol. The summed E-state index contributed by atoms with van der Waals surface area (Å²) in [6.07, 6.45) is 0.786. The predicted octanol–water partition coefficient (Wildman–Crippen LogP) is 2.96. The van der Waals surface area contributed by atoms with Crippen LogP contribution in [-0.4, -0.2) is 31.2 Å². The fraction of sp³-hybridized carbons (Fsp3) is 0.333. The first-order valence-corrected chi connectivity index (χ1v) is 6.83. The number of carbonyl (C=O) groups is 1. The number of nitrogens with zero attached hydrogens (tertiary/aromatic N) is 1. The molecule has 0 aliphatic rings. The Balaban J connectivity index is 2.20. The zero-order valence-electron chi connectivity index (χ0n) is 11.6. The molecule has 0 aliphatic heterocycles. The van der Waals surface area contributed by atoms with E-state index in [-0.39, 0.29) is 5.91 Å². The van der Waals surface area contributed by atoms with Crippen LogP contribution in [0.1, 0.15) is 22.5 Å². The van der Waals surface area contributed by atoms with Gasteiger partial charge in [0.1, 0.15) is 0 Å². The van der Waals surface area contributed by atoms with Gasteiger partial charge in [0, 0.05) is 30.7 Å². The summed E-state index contributed by atoms with van der Waals surface area (Å²) in [5.74, 6) is -0.118. The van der Waals surface area contributed by atoms with Crippen LogP contribution in [0.15, 0.2) is 24.3 Å². The number of halogens is 1. The van der Waals surface area contributed by atoms with Crippen LogP contribution in [0.25, 0.3) is 10.9 Å². The first-order valence-electron chi connectivity index (χ1n) is 6.46. The third kappa shape index (κ3) is 3.46. The molecule has 1 heterocycles. The van der Waals surface area contributed by atoms with E-state index in [2.05, 4.69) is 10.3 Å². The molecule has 0 unspecified atom stereocenters. The third-order valence-corrected chi connectivity index (χ3v) is 3.26. The topological polar surface area (TPSA) is 51.2 Å². The molecular formula is C15H17ClN2O2. The zero-order chi connectivity index (χ0) is 14.5. The standard InChI is InChI=1S/C15H17ClN2O2/c1-10-13(15(19)17-6-3-7-20-2)9-11-8-12(16)4-5-14(11)18-10/h4-5,8-9H,3,6-7H2,1-2H3,(H,17,19). The van der Waals surface area contributed by atoms with Crippen molar-refractivity contribution in [3.8, 4) is 0 Å². The molecule has 5 heteroatoms. The van der Waals surface area contributed by atoms with Crippen LogP contribution in [-0.2, 0) is 4.74 Å². The van der Waals surface area contributed by atoms with Crippen LogP contribution in [0.3, 0.4) is 0 Å². The van der Waals surface area contributed by atoms with E-state index >= 15 is 0 Å². The lowest BCUT2D eigenvalue weighted by molar-refractivity contribution is 0.0948. The maximum Gasteiger partial charge on any atom is 0.253 e. The van der Waals surface area contributed by atoms with E-state index in [9.17, 15) is 4.79 Å². The highest BCUT2D eigenvalue weighted by Gasteiger charge is 2.11. The molecule has 1 N–H and O–H groups in total. The van der Waals surface area contributed by atoms with Crippen molar-refractivity contribution in [3.63, 3.8) is 0 Å². The molecule has 1 aromatic carbocycles. The van der Waals surface area contributed by atoms with Crippen LogP contribution in [0, 0.1) is 6.92 Å². The largest absolute Gasteiger partial charge is 0.385 e. The summed E-state index contributed by atoms with van der Waals surface area (Å²) in [5.41, 5.74) is 2.13. The van der Waals surface area contributed by atoms with E-state index < -0.39 is 0 Å². The smallest absolute Gasteiger partial charge is 0.253 e. The van der Waals surface area contributed by atoms with Crippen molar-refractivity contribution >= 4 is 28.4 Å². The summed E-state index contributed by atoms with van der Waals surface area (Å²) >= 11 is 5.97. The van der Waals surface area contributed by atoms with Gasteiger partial charge in [0.05, 0.1) is 16.8 Å². The molecule has 0 saturated heterocycles. The van der Waals surface area contributed by atoms with Gasteiger partial charge in [-0.1, -0.05) is 11.6 Å². The van der Waals surface area contributed by atoms with Gasteiger partial charge in [0.2, 0.25) is 0 Å². The molecule has 0 fully saturated rings. The SMILES string of the molecule is COCCCNC(=O)c1cc2cc(Cl)ccc2nc1C. The second-order valence-electron chi connectivity index (χ2n) is 4.56. The number of hydrogen-bond donors (Lipinski definition) is 1. The fourth-order valence-electron chi connectivity index (χ4n) is 1.99. The number of hydrogen-bond acceptors (Lipinski definition) is 3. The first kappa shape index (κ1) is 14.8. The molecule has 20 heavy (non-hydrogen) atoms. The van der Waals surface area contributed by atoms with E-state index in [4.69, 9.17) is 16.3 Å².